The molecule has 0 bridgehead atoms. The third-order valence-corrected chi connectivity index (χ3v) is 4.37. The molecule has 0 unspecified atom stereocenters. The van der Waals surface area contributed by atoms with Gasteiger partial charge in [-0.15, -0.1) is 0 Å². The highest BCUT2D eigenvalue weighted by atomic mass is 35.5. The Kier molecular flexibility index (Phi) is 8.47. The smallest absolute Gasteiger partial charge is 0.445 e. The van der Waals surface area contributed by atoms with Gasteiger partial charge in [0.15, 0.2) is 0 Å². The zero-order chi connectivity index (χ0) is 24.9. The van der Waals surface area contributed by atoms with Crippen molar-refractivity contribution in [1.82, 2.24) is 9.91 Å². The molecular formula is C22H26ClN3O7. The topological polar surface area (TPSA) is 114 Å². The maximum absolute atomic E-state index is 13.0. The van der Waals surface area contributed by atoms with Crippen LogP contribution in [0.3, 0.4) is 0 Å². The molecule has 0 aliphatic carbocycles. The molecule has 11 heteroatoms. The molecule has 3 amide bonds. The van der Waals surface area contributed by atoms with Gasteiger partial charge >= 0.3 is 12.2 Å². The lowest BCUT2D eigenvalue weighted by molar-refractivity contribution is -0.139. The van der Waals surface area contributed by atoms with E-state index in [0.717, 1.165) is 9.91 Å². The van der Waals surface area contributed by atoms with Crippen molar-refractivity contribution in [3.63, 3.8) is 0 Å². The van der Waals surface area contributed by atoms with Gasteiger partial charge in [-0.3, -0.25) is 19.9 Å². The van der Waals surface area contributed by atoms with E-state index in [1.54, 1.807) is 52.0 Å². The predicted octanol–water partition coefficient (Wildman–Crippen LogP) is 4.23. The van der Waals surface area contributed by atoms with Gasteiger partial charge in [0.25, 0.3) is 5.91 Å². The number of rotatable bonds is 7. The van der Waals surface area contributed by atoms with Crippen molar-refractivity contribution in [2.45, 2.75) is 46.8 Å². The summed E-state index contributed by atoms with van der Waals surface area (Å²) < 4.78 is 15.4. The standard InChI is InChI=1S/C22H26ClN3O7/c1-12(2)31-21(29)26(24-17-9-7-16(23)8-10-17)14(5)19-18(33-22(30)32-13(3)4)11-25(15(6)27)20(19)28/h7-10,12-13,24H,5,11H2,1-4,6H3. The van der Waals surface area contributed by atoms with Crippen LogP contribution in [0.25, 0.3) is 0 Å². The van der Waals surface area contributed by atoms with Gasteiger partial charge in [-0.2, -0.15) is 5.01 Å². The summed E-state index contributed by atoms with van der Waals surface area (Å²) in [7, 11) is 0. The fourth-order valence-electron chi connectivity index (χ4n) is 2.73. The number of nitrogens with zero attached hydrogens (tertiary/aromatic N) is 2. The van der Waals surface area contributed by atoms with Gasteiger partial charge in [-0.1, -0.05) is 18.2 Å². The fraction of sp³-hybridized carbons (Fsp3) is 0.364. The highest BCUT2D eigenvalue weighted by Gasteiger charge is 2.40. The number of anilines is 1. The Hall–Kier alpha value is -3.53. The zero-order valence-corrected chi connectivity index (χ0v) is 19.8. The number of halogens is 1. The second-order valence-corrected chi connectivity index (χ2v) is 8.00. The van der Waals surface area contributed by atoms with Crippen molar-refractivity contribution in [1.29, 1.82) is 0 Å². The number of hydrogen-bond acceptors (Lipinski definition) is 8. The molecule has 1 aliphatic heterocycles. The van der Waals surface area contributed by atoms with Crippen LogP contribution in [-0.2, 0) is 23.8 Å². The number of imide groups is 1. The van der Waals surface area contributed by atoms with Gasteiger partial charge in [0, 0.05) is 11.9 Å². The normalized spacial score (nSPS) is 13.3. The Balaban J connectivity index is 2.46. The lowest BCUT2D eigenvalue weighted by atomic mass is 10.2. The second kappa shape index (κ2) is 10.9. The Morgan fingerprint density at radius 3 is 2.18 bits per heavy atom. The van der Waals surface area contributed by atoms with Gasteiger partial charge in [-0.05, 0) is 52.0 Å². The van der Waals surface area contributed by atoms with Gasteiger partial charge in [0.05, 0.1) is 30.1 Å². The molecule has 1 aliphatic rings. The molecule has 1 aromatic rings. The van der Waals surface area contributed by atoms with Crippen LogP contribution in [0.15, 0.2) is 47.9 Å². The van der Waals surface area contributed by atoms with E-state index in [0.29, 0.717) is 10.7 Å². The molecule has 1 aromatic carbocycles. The molecular weight excluding hydrogens is 454 g/mol. The molecule has 0 spiro atoms. The second-order valence-electron chi connectivity index (χ2n) is 7.56. The molecule has 0 fully saturated rings. The number of amides is 3. The van der Waals surface area contributed by atoms with Crippen molar-refractivity contribution >= 4 is 41.4 Å². The van der Waals surface area contributed by atoms with Crippen LogP contribution in [0.5, 0.6) is 0 Å². The Bertz CT molecular complexity index is 986. The predicted molar refractivity (Wildman–Crippen MR) is 120 cm³/mol. The van der Waals surface area contributed by atoms with E-state index in [2.05, 4.69) is 12.0 Å². The van der Waals surface area contributed by atoms with E-state index >= 15 is 0 Å². The average molecular weight is 480 g/mol. The van der Waals surface area contributed by atoms with E-state index in [1.165, 1.54) is 6.92 Å². The molecule has 178 valence electrons. The molecule has 0 atom stereocenters. The summed E-state index contributed by atoms with van der Waals surface area (Å²) in [6.45, 7) is 11.2. The summed E-state index contributed by atoms with van der Waals surface area (Å²) in [5, 5.41) is 1.36. The summed E-state index contributed by atoms with van der Waals surface area (Å²) >= 11 is 5.91. The fourth-order valence-corrected chi connectivity index (χ4v) is 2.86. The van der Waals surface area contributed by atoms with Gasteiger partial charge < -0.3 is 14.2 Å². The molecule has 2 rings (SSSR count). The third-order valence-electron chi connectivity index (χ3n) is 4.12. The maximum atomic E-state index is 13.0. The minimum atomic E-state index is -1.06. The minimum absolute atomic E-state index is 0.189. The van der Waals surface area contributed by atoms with Gasteiger partial charge in [0.2, 0.25) is 5.91 Å². The molecule has 0 saturated carbocycles. The third kappa shape index (κ3) is 6.72. The SMILES string of the molecule is C=C(C1=C(OC(=O)OC(C)C)CN(C(C)=O)C1=O)N(Nc1ccc(Cl)cc1)C(=O)OC(C)C. The highest BCUT2D eigenvalue weighted by Crippen LogP contribution is 2.29. The van der Waals surface area contributed by atoms with Crippen LogP contribution in [0.1, 0.15) is 34.6 Å². The Morgan fingerprint density at radius 2 is 1.67 bits per heavy atom. The molecule has 0 aromatic heterocycles. The van der Waals surface area contributed by atoms with E-state index in [4.69, 9.17) is 25.8 Å². The quantitative estimate of drug-likeness (QED) is 0.456. The molecule has 10 nitrogen and oxygen atoms in total. The Morgan fingerprint density at radius 1 is 1.09 bits per heavy atom. The number of hydrogen-bond donors (Lipinski definition) is 1. The Labute approximate surface area is 196 Å². The summed E-state index contributed by atoms with van der Waals surface area (Å²) in [5.74, 6) is -1.56. The first-order valence-electron chi connectivity index (χ1n) is 10.1. The summed E-state index contributed by atoms with van der Waals surface area (Å²) in [6, 6.07) is 6.36. The van der Waals surface area contributed by atoms with E-state index in [-0.39, 0.29) is 23.6 Å². The summed E-state index contributed by atoms with van der Waals surface area (Å²) in [6.07, 6.45) is -2.91. The van der Waals surface area contributed by atoms with Crippen molar-refractivity contribution < 1.29 is 33.4 Å². The molecule has 1 heterocycles. The van der Waals surface area contributed by atoms with Crippen molar-refractivity contribution in [3.05, 3.63) is 52.9 Å². The van der Waals surface area contributed by atoms with E-state index in [1.807, 2.05) is 0 Å². The van der Waals surface area contributed by atoms with Crippen LogP contribution in [-0.4, -0.2) is 52.7 Å². The largest absolute Gasteiger partial charge is 0.513 e. The van der Waals surface area contributed by atoms with E-state index in [9.17, 15) is 19.2 Å². The monoisotopic (exact) mass is 479 g/mol. The molecule has 0 radical (unpaired) electrons. The molecule has 0 saturated heterocycles. The van der Waals surface area contributed by atoms with Gasteiger partial charge in [-0.25, -0.2) is 9.59 Å². The molecule has 33 heavy (non-hydrogen) atoms. The van der Waals surface area contributed by atoms with E-state index < -0.39 is 36.3 Å². The minimum Gasteiger partial charge on any atom is -0.445 e. The average Bonchev–Trinajstić information content (AvgIpc) is 3.01. The molecule has 1 N–H and O–H groups in total. The lowest BCUT2D eigenvalue weighted by Gasteiger charge is -2.27. The van der Waals surface area contributed by atoms with Crippen LogP contribution in [0, 0.1) is 0 Å². The van der Waals surface area contributed by atoms with Crippen LogP contribution in [0.2, 0.25) is 5.02 Å². The van der Waals surface area contributed by atoms with Crippen molar-refractivity contribution in [2.24, 2.45) is 0 Å². The number of benzene rings is 1. The van der Waals surface area contributed by atoms with Crippen molar-refractivity contribution in [3.8, 4) is 0 Å². The summed E-state index contributed by atoms with van der Waals surface area (Å²) in [4.78, 5) is 50.7. The first-order valence-corrected chi connectivity index (χ1v) is 10.4. The number of nitrogens with one attached hydrogen (secondary N) is 1. The summed E-state index contributed by atoms with van der Waals surface area (Å²) in [5.41, 5.74) is 2.77. The number of ether oxygens (including phenoxy) is 3. The first-order chi connectivity index (χ1) is 15.4. The van der Waals surface area contributed by atoms with Crippen LogP contribution in [0.4, 0.5) is 15.3 Å². The number of carbonyl (C=O) groups is 4. The highest BCUT2D eigenvalue weighted by molar-refractivity contribution is 6.30. The lowest BCUT2D eigenvalue weighted by Crippen LogP contribution is -2.39. The zero-order valence-electron chi connectivity index (χ0n) is 19.0. The van der Waals surface area contributed by atoms with Crippen LogP contribution < -0.4 is 5.43 Å². The van der Waals surface area contributed by atoms with Crippen LogP contribution >= 0.6 is 11.6 Å². The maximum Gasteiger partial charge on any atom is 0.513 e. The number of carbonyl (C=O) groups excluding carboxylic acids is 4. The first kappa shape index (κ1) is 25.7. The van der Waals surface area contributed by atoms with Crippen molar-refractivity contribution in [2.75, 3.05) is 12.0 Å². The number of hydrazine groups is 1. The van der Waals surface area contributed by atoms with Gasteiger partial charge in [0.1, 0.15) is 11.3 Å².